The van der Waals surface area contributed by atoms with Gasteiger partial charge in [0, 0.05) is 39.3 Å². The highest BCUT2D eigenvalue weighted by atomic mass is 16.5. The average Bonchev–Trinajstić information content (AvgIpc) is 3.14. The number of aliphatic hydroxyl groups is 1. The monoisotopic (exact) mass is 487 g/mol. The van der Waals surface area contributed by atoms with Crippen molar-refractivity contribution in [2.75, 3.05) is 39.3 Å². The first-order valence-electron chi connectivity index (χ1n) is 13.4. The summed E-state index contributed by atoms with van der Waals surface area (Å²) in [4.78, 5) is 47.4. The third-order valence-electron chi connectivity index (χ3n) is 8.19. The summed E-state index contributed by atoms with van der Waals surface area (Å²) in [5, 5.41) is 9.33. The first-order valence-corrected chi connectivity index (χ1v) is 13.4. The Kier molecular flexibility index (Phi) is 7.71. The predicted molar refractivity (Wildman–Crippen MR) is 132 cm³/mol. The summed E-state index contributed by atoms with van der Waals surface area (Å²) in [7, 11) is 0. The third kappa shape index (κ3) is 4.12. The number of carbonyl (C=O) groups is 3. The number of nitrogens with zero attached hydrogens (tertiary/aromatic N) is 3. The molecule has 1 N–H and O–H groups in total. The molecule has 0 aliphatic carbocycles. The zero-order chi connectivity index (χ0) is 25.2. The van der Waals surface area contributed by atoms with Crippen molar-refractivity contribution in [2.45, 2.75) is 76.5 Å². The van der Waals surface area contributed by atoms with Crippen LogP contribution in [0.3, 0.4) is 0 Å². The minimum absolute atomic E-state index is 0.0328. The fraction of sp³-hybridized carbons (Fsp3) is 0.741. The highest BCUT2D eigenvalue weighted by molar-refractivity contribution is 6.00. The number of likely N-dealkylation sites (tertiary alicyclic amines) is 1. The Morgan fingerprint density at radius 3 is 2.23 bits per heavy atom. The Balaban J connectivity index is 1.81. The van der Waals surface area contributed by atoms with Crippen LogP contribution in [0.1, 0.15) is 59.3 Å². The molecule has 8 heteroatoms. The lowest BCUT2D eigenvalue weighted by Crippen LogP contribution is -2.56. The quantitative estimate of drug-likeness (QED) is 0.377. The van der Waals surface area contributed by atoms with E-state index in [-0.39, 0.29) is 24.3 Å². The molecule has 2 fully saturated rings. The van der Waals surface area contributed by atoms with E-state index >= 15 is 0 Å². The van der Waals surface area contributed by atoms with Gasteiger partial charge in [-0.2, -0.15) is 0 Å². The summed E-state index contributed by atoms with van der Waals surface area (Å²) in [5.41, 5.74) is -2.09. The van der Waals surface area contributed by atoms with E-state index < -0.39 is 29.1 Å². The molecular weight excluding hydrogens is 446 g/mol. The summed E-state index contributed by atoms with van der Waals surface area (Å²) < 4.78 is 6.92. The minimum Gasteiger partial charge on any atom is -0.396 e. The van der Waals surface area contributed by atoms with E-state index in [0.29, 0.717) is 52.0 Å². The minimum atomic E-state index is -1.18. The fourth-order valence-corrected chi connectivity index (χ4v) is 6.51. The van der Waals surface area contributed by atoms with Gasteiger partial charge < -0.3 is 24.5 Å². The van der Waals surface area contributed by atoms with Gasteiger partial charge in [0.05, 0.1) is 17.4 Å². The van der Waals surface area contributed by atoms with Crippen LogP contribution >= 0.6 is 0 Å². The smallest absolute Gasteiger partial charge is 0.249 e. The van der Waals surface area contributed by atoms with Gasteiger partial charge in [0.15, 0.2) is 0 Å². The molecule has 0 aromatic rings. The molecule has 4 aliphatic heterocycles. The topological polar surface area (TPSA) is 90.4 Å². The molecule has 1 spiro atoms. The molecule has 0 bridgehead atoms. The summed E-state index contributed by atoms with van der Waals surface area (Å²) in [6.45, 7) is 8.75. The van der Waals surface area contributed by atoms with Gasteiger partial charge >= 0.3 is 0 Å². The van der Waals surface area contributed by atoms with Crippen molar-refractivity contribution < 1.29 is 24.2 Å². The SMILES string of the molecule is CCCCN1CC=C[C@]23O[C@@]4(CC)C=CCN(CCC)C(=O)[C@H]4[C@H]2C(=O)N(CCCCO)C3C1=O. The van der Waals surface area contributed by atoms with Crippen molar-refractivity contribution in [3.8, 4) is 0 Å². The van der Waals surface area contributed by atoms with Crippen LogP contribution < -0.4 is 0 Å². The maximum atomic E-state index is 14.1. The van der Waals surface area contributed by atoms with Gasteiger partial charge in [0.2, 0.25) is 17.7 Å². The molecule has 0 saturated carbocycles. The fourth-order valence-electron chi connectivity index (χ4n) is 6.51. The van der Waals surface area contributed by atoms with Crippen LogP contribution in [0.4, 0.5) is 0 Å². The Bertz CT molecular complexity index is 888. The molecule has 194 valence electrons. The molecule has 0 aromatic carbocycles. The van der Waals surface area contributed by atoms with Crippen LogP contribution in [0.15, 0.2) is 24.3 Å². The second-order valence-corrected chi connectivity index (χ2v) is 10.3. The van der Waals surface area contributed by atoms with Crippen LogP contribution in [0.2, 0.25) is 0 Å². The van der Waals surface area contributed by atoms with Crippen LogP contribution in [0, 0.1) is 11.8 Å². The average molecular weight is 488 g/mol. The second-order valence-electron chi connectivity index (χ2n) is 10.3. The van der Waals surface area contributed by atoms with E-state index in [2.05, 4.69) is 6.92 Å². The molecule has 3 amide bonds. The van der Waals surface area contributed by atoms with Crippen molar-refractivity contribution in [1.29, 1.82) is 0 Å². The maximum Gasteiger partial charge on any atom is 0.249 e. The number of fused-ring (bicyclic) bond motifs is 2. The van der Waals surface area contributed by atoms with Gasteiger partial charge in [0.25, 0.3) is 0 Å². The summed E-state index contributed by atoms with van der Waals surface area (Å²) in [6, 6.07) is -0.800. The Hall–Kier alpha value is -2.19. The van der Waals surface area contributed by atoms with Crippen molar-refractivity contribution in [3.63, 3.8) is 0 Å². The van der Waals surface area contributed by atoms with Crippen LogP contribution in [-0.4, -0.2) is 94.1 Å². The summed E-state index contributed by atoms with van der Waals surface area (Å²) in [6.07, 6.45) is 12.2. The number of aliphatic hydroxyl groups excluding tert-OH is 1. The number of ether oxygens (including phenoxy) is 1. The number of unbranched alkanes of at least 4 members (excludes halogenated alkanes) is 2. The van der Waals surface area contributed by atoms with Gasteiger partial charge in [-0.15, -0.1) is 0 Å². The number of rotatable bonds is 10. The molecule has 4 aliphatic rings. The van der Waals surface area contributed by atoms with E-state index in [0.717, 1.165) is 19.3 Å². The molecule has 2 saturated heterocycles. The number of hydrogen-bond acceptors (Lipinski definition) is 5. The molecule has 35 heavy (non-hydrogen) atoms. The molecule has 5 atom stereocenters. The Labute approximate surface area is 208 Å². The lowest BCUT2D eigenvalue weighted by Gasteiger charge is -2.38. The highest BCUT2D eigenvalue weighted by Crippen LogP contribution is 2.58. The molecule has 4 heterocycles. The lowest BCUT2D eigenvalue weighted by molar-refractivity contribution is -0.154. The maximum absolute atomic E-state index is 14.1. The summed E-state index contributed by atoms with van der Waals surface area (Å²) in [5.74, 6) is -1.76. The first-order chi connectivity index (χ1) is 16.9. The van der Waals surface area contributed by atoms with Crippen LogP contribution in [0.5, 0.6) is 0 Å². The summed E-state index contributed by atoms with van der Waals surface area (Å²) >= 11 is 0. The van der Waals surface area contributed by atoms with E-state index in [9.17, 15) is 19.5 Å². The predicted octanol–water partition coefficient (Wildman–Crippen LogP) is 2.13. The van der Waals surface area contributed by atoms with E-state index in [1.165, 1.54) is 0 Å². The Morgan fingerprint density at radius 1 is 0.857 bits per heavy atom. The lowest BCUT2D eigenvalue weighted by atomic mass is 9.73. The zero-order valence-corrected chi connectivity index (χ0v) is 21.4. The number of hydrogen-bond donors (Lipinski definition) is 1. The van der Waals surface area contributed by atoms with E-state index in [1.807, 2.05) is 48.0 Å². The molecule has 4 rings (SSSR count). The van der Waals surface area contributed by atoms with Crippen molar-refractivity contribution >= 4 is 17.7 Å². The third-order valence-corrected chi connectivity index (χ3v) is 8.19. The number of carbonyl (C=O) groups excluding carboxylic acids is 3. The van der Waals surface area contributed by atoms with Gasteiger partial charge in [-0.3, -0.25) is 14.4 Å². The molecule has 8 nitrogen and oxygen atoms in total. The van der Waals surface area contributed by atoms with Crippen molar-refractivity contribution in [3.05, 3.63) is 24.3 Å². The zero-order valence-electron chi connectivity index (χ0n) is 21.4. The van der Waals surface area contributed by atoms with E-state index in [4.69, 9.17) is 4.74 Å². The van der Waals surface area contributed by atoms with Crippen molar-refractivity contribution in [2.24, 2.45) is 11.8 Å². The first kappa shape index (κ1) is 25.9. The molecule has 0 radical (unpaired) electrons. The standard InChI is InChI=1S/C27H41N3O5/c1-4-7-15-29-17-11-13-27-21(24(33)30(18-8-9-19-31)22(27)25(29)34)20-23(32)28(14-5-2)16-10-12-26(20,6-3)35-27/h10-13,20-22,31H,4-9,14-19H2,1-3H3/t20-,21+,22?,26+,27+/m1/s1. The largest absolute Gasteiger partial charge is 0.396 e. The molecular formula is C27H41N3O5. The number of amides is 3. The second kappa shape index (κ2) is 10.4. The Morgan fingerprint density at radius 2 is 1.57 bits per heavy atom. The van der Waals surface area contributed by atoms with E-state index in [1.54, 1.807) is 4.90 Å². The van der Waals surface area contributed by atoms with Gasteiger partial charge in [-0.05, 0) is 32.1 Å². The van der Waals surface area contributed by atoms with Gasteiger partial charge in [-0.25, -0.2) is 0 Å². The molecule has 0 aromatic heterocycles. The normalized spacial score (nSPS) is 34.2. The molecule has 1 unspecified atom stereocenters. The van der Waals surface area contributed by atoms with Gasteiger partial charge in [-0.1, -0.05) is 51.5 Å². The van der Waals surface area contributed by atoms with Crippen LogP contribution in [0.25, 0.3) is 0 Å². The van der Waals surface area contributed by atoms with Crippen molar-refractivity contribution in [1.82, 2.24) is 14.7 Å². The van der Waals surface area contributed by atoms with Gasteiger partial charge in [0.1, 0.15) is 11.6 Å². The highest BCUT2D eigenvalue weighted by Gasteiger charge is 2.75. The van der Waals surface area contributed by atoms with Crippen LogP contribution in [-0.2, 0) is 19.1 Å².